The van der Waals surface area contributed by atoms with Crippen LogP contribution in [0.3, 0.4) is 0 Å². The number of hydrogen-bond acceptors (Lipinski definition) is 7. The van der Waals surface area contributed by atoms with Gasteiger partial charge in [-0.1, -0.05) is 5.92 Å². The minimum Gasteiger partial charge on any atom is -0.493 e. The molecule has 0 unspecified atom stereocenters. The number of nitro benzene ring substituents is 1. The van der Waals surface area contributed by atoms with Crippen LogP contribution in [-0.2, 0) is 9.59 Å². The van der Waals surface area contributed by atoms with Gasteiger partial charge in [-0.05, 0) is 51.8 Å². The molecule has 1 aliphatic rings. The summed E-state index contributed by atoms with van der Waals surface area (Å²) in [6.07, 6.45) is 6.49. The molecule has 32 heavy (non-hydrogen) atoms. The number of amides is 4. The second-order valence-corrected chi connectivity index (χ2v) is 7.11. The third kappa shape index (κ3) is 4.45. The maximum atomic E-state index is 13.0. The zero-order valence-corrected chi connectivity index (χ0v) is 18.0. The van der Waals surface area contributed by atoms with Crippen LogP contribution in [0.1, 0.15) is 5.56 Å². The summed E-state index contributed by atoms with van der Waals surface area (Å²) in [6, 6.07) is 6.90. The number of carbonyl (C=O) groups is 3. The number of anilines is 1. The fraction of sp³-hybridized carbons (Fsp3) is 0.0952. The third-order valence-corrected chi connectivity index (χ3v) is 4.87. The molecule has 0 spiro atoms. The number of nitrogens with zero attached hydrogens (tertiary/aromatic N) is 2. The van der Waals surface area contributed by atoms with Gasteiger partial charge in [-0.3, -0.25) is 25.0 Å². The minimum absolute atomic E-state index is 0.00258. The van der Waals surface area contributed by atoms with Gasteiger partial charge in [0.25, 0.3) is 17.5 Å². The molecule has 1 aliphatic heterocycles. The molecule has 162 valence electrons. The Morgan fingerprint density at radius 3 is 2.53 bits per heavy atom. The smallest absolute Gasteiger partial charge is 0.335 e. The largest absolute Gasteiger partial charge is 0.493 e. The average molecular weight is 500 g/mol. The lowest BCUT2D eigenvalue weighted by Crippen LogP contribution is -2.54. The number of carbonyl (C=O) groups excluding carboxylic acids is 3. The fourth-order valence-electron chi connectivity index (χ4n) is 2.86. The van der Waals surface area contributed by atoms with E-state index in [-0.39, 0.29) is 23.6 Å². The van der Waals surface area contributed by atoms with E-state index < -0.39 is 22.8 Å². The van der Waals surface area contributed by atoms with Crippen molar-refractivity contribution in [2.45, 2.75) is 0 Å². The number of terminal acetylenes is 1. The van der Waals surface area contributed by atoms with Crippen LogP contribution < -0.4 is 19.7 Å². The molecule has 0 saturated carbocycles. The van der Waals surface area contributed by atoms with Crippen LogP contribution in [0, 0.1) is 22.5 Å². The van der Waals surface area contributed by atoms with Crippen LogP contribution in [0.4, 0.5) is 16.2 Å². The van der Waals surface area contributed by atoms with Crippen molar-refractivity contribution in [1.29, 1.82) is 0 Å². The summed E-state index contributed by atoms with van der Waals surface area (Å²) >= 11 is 3.33. The second-order valence-electron chi connectivity index (χ2n) is 6.26. The Morgan fingerprint density at radius 1 is 1.25 bits per heavy atom. The van der Waals surface area contributed by atoms with Crippen molar-refractivity contribution in [2.75, 3.05) is 18.6 Å². The number of nitrogens with one attached hydrogen (secondary N) is 1. The molecule has 1 fully saturated rings. The summed E-state index contributed by atoms with van der Waals surface area (Å²) in [5.74, 6) is 1.20. The van der Waals surface area contributed by atoms with Crippen molar-refractivity contribution < 1.29 is 28.8 Å². The Hall–Kier alpha value is -4.17. The van der Waals surface area contributed by atoms with Crippen molar-refractivity contribution in [3.8, 4) is 23.8 Å². The molecular formula is C21H14BrN3O7. The highest BCUT2D eigenvalue weighted by Crippen LogP contribution is 2.37. The zero-order valence-electron chi connectivity index (χ0n) is 16.5. The summed E-state index contributed by atoms with van der Waals surface area (Å²) in [7, 11) is 1.41. The number of imide groups is 2. The van der Waals surface area contributed by atoms with Gasteiger partial charge in [0.1, 0.15) is 12.2 Å². The van der Waals surface area contributed by atoms with E-state index in [1.54, 1.807) is 6.07 Å². The lowest BCUT2D eigenvalue weighted by molar-refractivity contribution is -0.384. The molecule has 10 nitrogen and oxygen atoms in total. The molecule has 11 heteroatoms. The standard InChI is InChI=1S/C21H14BrN3O7/c1-3-8-32-18-16(22)10-12(11-17(18)31-2)9-15-19(26)23-21(28)24(20(15)27)13-4-6-14(7-5-13)25(29)30/h1,4-7,9-11H,8H2,2H3,(H,23,26,28)/b15-9+. The third-order valence-electron chi connectivity index (χ3n) is 4.28. The Morgan fingerprint density at radius 2 is 1.94 bits per heavy atom. The average Bonchev–Trinajstić information content (AvgIpc) is 2.75. The van der Waals surface area contributed by atoms with Crippen LogP contribution in [0.25, 0.3) is 6.08 Å². The van der Waals surface area contributed by atoms with Gasteiger partial charge < -0.3 is 9.47 Å². The SMILES string of the molecule is C#CCOc1c(Br)cc(/C=C2\C(=O)NC(=O)N(c3ccc([N+](=O)[O-])cc3)C2=O)cc1OC. The molecule has 1 heterocycles. The number of urea groups is 1. The molecule has 0 radical (unpaired) electrons. The first-order valence-corrected chi connectivity index (χ1v) is 9.65. The Bertz CT molecular complexity index is 1200. The lowest BCUT2D eigenvalue weighted by atomic mass is 10.1. The fourth-order valence-corrected chi connectivity index (χ4v) is 3.43. The first kappa shape index (κ1) is 22.5. The van der Waals surface area contributed by atoms with Gasteiger partial charge in [0.05, 0.1) is 22.2 Å². The second kappa shape index (κ2) is 9.32. The first-order chi connectivity index (χ1) is 15.3. The van der Waals surface area contributed by atoms with Crippen LogP contribution in [0.15, 0.2) is 46.4 Å². The number of hydrogen-bond donors (Lipinski definition) is 1. The highest BCUT2D eigenvalue weighted by Gasteiger charge is 2.37. The van der Waals surface area contributed by atoms with Crippen molar-refractivity contribution in [2.24, 2.45) is 0 Å². The van der Waals surface area contributed by atoms with Gasteiger partial charge in [-0.15, -0.1) is 6.42 Å². The van der Waals surface area contributed by atoms with E-state index in [2.05, 4.69) is 27.2 Å². The topological polar surface area (TPSA) is 128 Å². The molecule has 0 bridgehead atoms. The monoisotopic (exact) mass is 499 g/mol. The molecule has 0 atom stereocenters. The van der Waals surface area contributed by atoms with E-state index in [0.29, 0.717) is 26.4 Å². The number of barbiturate groups is 1. The molecule has 3 rings (SSSR count). The lowest BCUT2D eigenvalue weighted by Gasteiger charge is -2.26. The highest BCUT2D eigenvalue weighted by molar-refractivity contribution is 9.10. The van der Waals surface area contributed by atoms with Crippen LogP contribution in [-0.4, -0.2) is 36.5 Å². The van der Waals surface area contributed by atoms with Crippen LogP contribution in [0.2, 0.25) is 0 Å². The first-order valence-electron chi connectivity index (χ1n) is 8.86. The van der Waals surface area contributed by atoms with E-state index >= 15 is 0 Å². The Balaban J connectivity index is 2.00. The summed E-state index contributed by atoms with van der Waals surface area (Å²) in [5, 5.41) is 12.9. The number of methoxy groups -OCH3 is 1. The molecule has 0 aromatic heterocycles. The van der Waals surface area contributed by atoms with E-state index in [1.807, 2.05) is 0 Å². The molecule has 4 amide bonds. The number of benzene rings is 2. The van der Waals surface area contributed by atoms with E-state index in [0.717, 1.165) is 12.1 Å². The number of nitro groups is 1. The Kier molecular flexibility index (Phi) is 6.56. The van der Waals surface area contributed by atoms with E-state index in [1.165, 1.54) is 31.4 Å². The van der Waals surface area contributed by atoms with Gasteiger partial charge in [-0.2, -0.15) is 0 Å². The predicted octanol–water partition coefficient (Wildman–Crippen LogP) is 3.04. The molecule has 1 saturated heterocycles. The number of non-ortho nitro benzene ring substituents is 1. The van der Waals surface area contributed by atoms with Crippen molar-refractivity contribution in [3.63, 3.8) is 0 Å². The van der Waals surface area contributed by atoms with Crippen molar-refractivity contribution >= 4 is 51.2 Å². The number of ether oxygens (including phenoxy) is 2. The molecular weight excluding hydrogens is 486 g/mol. The number of rotatable bonds is 6. The normalized spacial score (nSPS) is 14.7. The molecule has 2 aromatic rings. The minimum atomic E-state index is -0.970. The summed E-state index contributed by atoms with van der Waals surface area (Å²) in [6.45, 7) is 0.00258. The van der Waals surface area contributed by atoms with Gasteiger partial charge in [-0.25, -0.2) is 9.69 Å². The van der Waals surface area contributed by atoms with Crippen molar-refractivity contribution in [3.05, 3.63) is 62.1 Å². The molecule has 0 aliphatic carbocycles. The summed E-state index contributed by atoms with van der Waals surface area (Å²) < 4.78 is 11.2. The molecule has 2 aromatic carbocycles. The van der Waals surface area contributed by atoms with Gasteiger partial charge in [0, 0.05) is 12.1 Å². The molecule has 1 N–H and O–H groups in total. The van der Waals surface area contributed by atoms with E-state index in [4.69, 9.17) is 15.9 Å². The summed E-state index contributed by atoms with van der Waals surface area (Å²) in [4.78, 5) is 48.6. The van der Waals surface area contributed by atoms with Gasteiger partial charge in [0.2, 0.25) is 0 Å². The number of halogens is 1. The predicted molar refractivity (Wildman–Crippen MR) is 117 cm³/mol. The van der Waals surface area contributed by atoms with Gasteiger partial charge in [0.15, 0.2) is 11.5 Å². The van der Waals surface area contributed by atoms with Crippen LogP contribution in [0.5, 0.6) is 11.5 Å². The zero-order chi connectivity index (χ0) is 23.4. The van der Waals surface area contributed by atoms with E-state index in [9.17, 15) is 24.5 Å². The maximum Gasteiger partial charge on any atom is 0.335 e. The maximum absolute atomic E-state index is 13.0. The quantitative estimate of drug-likeness (QED) is 0.212. The van der Waals surface area contributed by atoms with Crippen LogP contribution >= 0.6 is 15.9 Å². The van der Waals surface area contributed by atoms with Crippen molar-refractivity contribution in [1.82, 2.24) is 5.32 Å². The van der Waals surface area contributed by atoms with Gasteiger partial charge >= 0.3 is 6.03 Å². The Labute approximate surface area is 190 Å². The highest BCUT2D eigenvalue weighted by atomic mass is 79.9. The summed E-state index contributed by atoms with van der Waals surface area (Å²) in [5.41, 5.74) is -0.0738.